The van der Waals surface area contributed by atoms with Gasteiger partial charge in [-0.15, -0.1) is 0 Å². The van der Waals surface area contributed by atoms with Crippen LogP contribution in [0.5, 0.6) is 0 Å². The zero-order chi connectivity index (χ0) is 39.0. The monoisotopic (exact) mass is 744 g/mol. The van der Waals surface area contributed by atoms with E-state index in [1.807, 2.05) is 24.3 Å². The maximum Gasteiger partial charge on any atom is 0.164 e. The van der Waals surface area contributed by atoms with Crippen molar-refractivity contribution in [2.45, 2.75) is 19.8 Å². The molecule has 58 heavy (non-hydrogen) atoms. The molecular formula is C54H40N4. The van der Waals surface area contributed by atoms with Crippen LogP contribution in [-0.4, -0.2) is 19.5 Å². The van der Waals surface area contributed by atoms with Crippen molar-refractivity contribution in [2.24, 2.45) is 0 Å². The lowest BCUT2D eigenvalue weighted by molar-refractivity contribution is 0.923. The van der Waals surface area contributed by atoms with Gasteiger partial charge in [0.1, 0.15) is 0 Å². The molecule has 0 amide bonds. The molecule has 8 aromatic carbocycles. The van der Waals surface area contributed by atoms with E-state index < -0.39 is 0 Å². The van der Waals surface area contributed by atoms with E-state index in [0.29, 0.717) is 17.5 Å². The lowest BCUT2D eigenvalue weighted by Crippen LogP contribution is -2.03. The zero-order valence-electron chi connectivity index (χ0n) is 32.4. The molecule has 2 heterocycles. The summed E-state index contributed by atoms with van der Waals surface area (Å²) in [7, 11) is 0. The SMILES string of the molecule is Cc1cc(-c2nc(-c3ccccc3)nc(-c3ccc(-c4ccccc4)cc3)n2)ccc1-c1cc(-n2c3ccccc3c3ccccc32)ccc1C(C)c1ccccc1. The van der Waals surface area contributed by atoms with Crippen molar-refractivity contribution in [2.75, 3.05) is 0 Å². The fraction of sp³-hybridized carbons (Fsp3) is 0.0556. The van der Waals surface area contributed by atoms with Crippen molar-refractivity contribution in [1.29, 1.82) is 0 Å². The Bertz CT molecular complexity index is 3010. The number of aromatic nitrogens is 4. The lowest BCUT2D eigenvalue weighted by Gasteiger charge is -2.21. The van der Waals surface area contributed by atoms with Gasteiger partial charge in [0, 0.05) is 39.1 Å². The summed E-state index contributed by atoms with van der Waals surface area (Å²) < 4.78 is 2.40. The number of aryl methyl sites for hydroxylation is 1. The summed E-state index contributed by atoms with van der Waals surface area (Å²) in [6.07, 6.45) is 0. The van der Waals surface area contributed by atoms with E-state index in [1.54, 1.807) is 0 Å². The van der Waals surface area contributed by atoms with Gasteiger partial charge in [0.2, 0.25) is 0 Å². The van der Waals surface area contributed by atoms with Crippen LogP contribution in [0.1, 0.15) is 29.5 Å². The van der Waals surface area contributed by atoms with E-state index in [1.165, 1.54) is 49.6 Å². The van der Waals surface area contributed by atoms with Crippen molar-refractivity contribution in [3.05, 3.63) is 217 Å². The number of hydrogen-bond acceptors (Lipinski definition) is 3. The topological polar surface area (TPSA) is 43.6 Å². The lowest BCUT2D eigenvalue weighted by atomic mass is 9.85. The van der Waals surface area contributed by atoms with Crippen LogP contribution in [0.25, 0.3) is 83.9 Å². The van der Waals surface area contributed by atoms with Crippen LogP contribution >= 0.6 is 0 Å². The molecule has 0 aliphatic heterocycles. The Labute approximate surface area is 338 Å². The van der Waals surface area contributed by atoms with E-state index >= 15 is 0 Å². The van der Waals surface area contributed by atoms with Crippen molar-refractivity contribution in [3.63, 3.8) is 0 Å². The van der Waals surface area contributed by atoms with Gasteiger partial charge in [-0.1, -0.05) is 177 Å². The highest BCUT2D eigenvalue weighted by Crippen LogP contribution is 2.40. The molecule has 0 saturated carbocycles. The third-order valence-corrected chi connectivity index (χ3v) is 11.3. The summed E-state index contributed by atoms with van der Waals surface area (Å²) in [6, 6.07) is 70.9. The highest BCUT2D eigenvalue weighted by Gasteiger charge is 2.20. The van der Waals surface area contributed by atoms with Crippen LogP contribution in [0.3, 0.4) is 0 Å². The smallest absolute Gasteiger partial charge is 0.164 e. The van der Waals surface area contributed by atoms with Crippen LogP contribution < -0.4 is 0 Å². The van der Waals surface area contributed by atoms with Crippen molar-refractivity contribution < 1.29 is 0 Å². The Balaban J connectivity index is 1.11. The van der Waals surface area contributed by atoms with Crippen LogP contribution in [0.15, 0.2) is 200 Å². The predicted octanol–water partition coefficient (Wildman–Crippen LogP) is 13.8. The second kappa shape index (κ2) is 14.9. The number of hydrogen-bond donors (Lipinski definition) is 0. The molecule has 0 radical (unpaired) electrons. The van der Waals surface area contributed by atoms with Gasteiger partial charge in [-0.25, -0.2) is 15.0 Å². The first-order valence-electron chi connectivity index (χ1n) is 19.9. The number of benzene rings is 8. The molecule has 0 saturated heterocycles. The third kappa shape index (κ3) is 6.45. The molecule has 4 heteroatoms. The average Bonchev–Trinajstić information content (AvgIpc) is 3.64. The van der Waals surface area contributed by atoms with Crippen molar-refractivity contribution in [3.8, 4) is 62.1 Å². The quantitative estimate of drug-likeness (QED) is 0.156. The van der Waals surface area contributed by atoms with E-state index in [9.17, 15) is 0 Å². The summed E-state index contributed by atoms with van der Waals surface area (Å²) in [6.45, 7) is 4.51. The Kier molecular flexibility index (Phi) is 9.00. The highest BCUT2D eigenvalue weighted by molar-refractivity contribution is 6.09. The summed E-state index contributed by atoms with van der Waals surface area (Å²) in [4.78, 5) is 15.2. The largest absolute Gasteiger partial charge is 0.309 e. The van der Waals surface area contributed by atoms with Crippen molar-refractivity contribution in [1.82, 2.24) is 19.5 Å². The van der Waals surface area contributed by atoms with E-state index in [2.05, 4.69) is 194 Å². The van der Waals surface area contributed by atoms with Crippen LogP contribution in [0, 0.1) is 6.92 Å². The molecule has 0 aliphatic rings. The molecular weight excluding hydrogens is 705 g/mol. The Morgan fingerprint density at radius 2 is 0.862 bits per heavy atom. The predicted molar refractivity (Wildman–Crippen MR) is 240 cm³/mol. The Morgan fingerprint density at radius 1 is 0.397 bits per heavy atom. The highest BCUT2D eigenvalue weighted by atomic mass is 15.0. The van der Waals surface area contributed by atoms with Gasteiger partial charge >= 0.3 is 0 Å². The average molecular weight is 745 g/mol. The number of para-hydroxylation sites is 2. The Morgan fingerprint density at radius 3 is 1.47 bits per heavy atom. The molecule has 10 aromatic rings. The zero-order valence-corrected chi connectivity index (χ0v) is 32.4. The molecule has 1 atom stereocenters. The molecule has 0 aliphatic carbocycles. The number of fused-ring (bicyclic) bond motifs is 3. The standard InChI is InChI=1S/C54H40N4/c1-36-34-43(54-56-52(41-20-10-5-11-21-41)55-53(57-54)42-28-26-40(27-29-42)39-18-8-4-9-19-39)30-32-45(36)49-35-44(31-33-46(49)37(2)38-16-6-3-7-17-38)58-50-24-14-12-22-47(50)48-23-13-15-25-51(48)58/h3-35,37H,1-2H3. The van der Waals surface area contributed by atoms with Gasteiger partial charge < -0.3 is 4.57 Å². The van der Waals surface area contributed by atoms with Crippen LogP contribution in [0.4, 0.5) is 0 Å². The van der Waals surface area contributed by atoms with Gasteiger partial charge in [0.15, 0.2) is 17.5 Å². The van der Waals surface area contributed by atoms with Gasteiger partial charge in [0.05, 0.1) is 11.0 Å². The van der Waals surface area contributed by atoms with Crippen LogP contribution in [0.2, 0.25) is 0 Å². The molecule has 0 fully saturated rings. The fourth-order valence-corrected chi connectivity index (χ4v) is 8.31. The molecule has 0 N–H and O–H groups in total. The second-order valence-corrected chi connectivity index (χ2v) is 14.9. The third-order valence-electron chi connectivity index (χ3n) is 11.3. The van der Waals surface area contributed by atoms with Gasteiger partial charge in [-0.2, -0.15) is 0 Å². The molecule has 1 unspecified atom stereocenters. The maximum atomic E-state index is 5.11. The minimum atomic E-state index is 0.176. The normalized spacial score (nSPS) is 11.9. The second-order valence-electron chi connectivity index (χ2n) is 14.9. The molecule has 0 spiro atoms. The summed E-state index contributed by atoms with van der Waals surface area (Å²) in [5.74, 6) is 2.10. The van der Waals surface area contributed by atoms with Gasteiger partial charge in [-0.05, 0) is 76.2 Å². The van der Waals surface area contributed by atoms with E-state index in [4.69, 9.17) is 15.0 Å². The molecule has 10 rings (SSSR count). The van der Waals surface area contributed by atoms with E-state index in [-0.39, 0.29) is 5.92 Å². The van der Waals surface area contributed by atoms with E-state index in [0.717, 1.165) is 33.5 Å². The molecule has 0 bridgehead atoms. The summed E-state index contributed by atoms with van der Waals surface area (Å²) >= 11 is 0. The van der Waals surface area contributed by atoms with Gasteiger partial charge in [-0.3, -0.25) is 0 Å². The summed E-state index contributed by atoms with van der Waals surface area (Å²) in [5.41, 5.74) is 14.8. The Hall–Kier alpha value is -7.43. The molecule has 276 valence electrons. The number of nitrogens with zero attached hydrogens (tertiary/aromatic N) is 4. The first-order chi connectivity index (χ1) is 28.6. The molecule has 4 nitrogen and oxygen atoms in total. The molecule has 2 aromatic heterocycles. The first-order valence-corrected chi connectivity index (χ1v) is 19.9. The maximum absolute atomic E-state index is 5.11. The summed E-state index contributed by atoms with van der Waals surface area (Å²) in [5, 5.41) is 2.50. The minimum absolute atomic E-state index is 0.176. The minimum Gasteiger partial charge on any atom is -0.309 e. The number of rotatable bonds is 8. The van der Waals surface area contributed by atoms with Gasteiger partial charge in [0.25, 0.3) is 0 Å². The fourth-order valence-electron chi connectivity index (χ4n) is 8.31. The first kappa shape index (κ1) is 35.0. The van der Waals surface area contributed by atoms with Crippen molar-refractivity contribution >= 4 is 21.8 Å². The van der Waals surface area contributed by atoms with Crippen LogP contribution in [-0.2, 0) is 0 Å².